The van der Waals surface area contributed by atoms with Gasteiger partial charge in [-0.05, 0) is 61.5 Å². The number of halogens is 2. The molecule has 0 spiro atoms. The van der Waals surface area contributed by atoms with Crippen LogP contribution in [0.4, 0.5) is 11.4 Å². The van der Waals surface area contributed by atoms with E-state index in [0.29, 0.717) is 64.7 Å². The van der Waals surface area contributed by atoms with Crippen LogP contribution in [0, 0.1) is 0 Å². The highest BCUT2D eigenvalue weighted by Crippen LogP contribution is 2.29. The Morgan fingerprint density at radius 2 is 1.50 bits per heavy atom. The number of nitrogens with one attached hydrogen (secondary N) is 1. The first-order valence-corrected chi connectivity index (χ1v) is 12.8. The number of rotatable bonds is 8. The third kappa shape index (κ3) is 6.62. The second-order valence-corrected chi connectivity index (χ2v) is 9.60. The number of hydrogen-bond donors (Lipinski definition) is 1. The minimum atomic E-state index is -0.761. The Morgan fingerprint density at radius 1 is 0.868 bits per heavy atom. The zero-order valence-electron chi connectivity index (χ0n) is 21.4. The maximum Gasteiger partial charge on any atom is 0.265 e. The van der Waals surface area contributed by atoms with Crippen molar-refractivity contribution < 1.29 is 23.8 Å². The molecule has 8 nitrogen and oxygen atoms in total. The zero-order chi connectivity index (χ0) is 27.2. The van der Waals surface area contributed by atoms with Crippen LogP contribution >= 0.6 is 23.2 Å². The SMILES string of the molecule is COc1cc(OC)cc(C(=O)N2CCN(c3ccc(NC(=O)[C@H](C)Oc4ccc(Cl)cc4Cl)cc3)CC2)c1. The number of nitrogens with zero attached hydrogens (tertiary/aromatic N) is 2. The summed E-state index contributed by atoms with van der Waals surface area (Å²) in [6.07, 6.45) is -0.761. The summed E-state index contributed by atoms with van der Waals surface area (Å²) in [6, 6.07) is 17.6. The topological polar surface area (TPSA) is 80.3 Å². The molecule has 200 valence electrons. The number of benzene rings is 3. The molecule has 1 aliphatic rings. The van der Waals surface area contributed by atoms with Crippen LogP contribution in [0.15, 0.2) is 60.7 Å². The van der Waals surface area contributed by atoms with Gasteiger partial charge in [-0.25, -0.2) is 0 Å². The van der Waals surface area contributed by atoms with Gasteiger partial charge >= 0.3 is 0 Å². The highest BCUT2D eigenvalue weighted by Gasteiger charge is 2.23. The zero-order valence-corrected chi connectivity index (χ0v) is 22.9. The van der Waals surface area contributed by atoms with E-state index in [-0.39, 0.29) is 11.8 Å². The first kappa shape index (κ1) is 27.4. The van der Waals surface area contributed by atoms with E-state index in [2.05, 4.69) is 10.2 Å². The quantitative estimate of drug-likeness (QED) is 0.400. The summed E-state index contributed by atoms with van der Waals surface area (Å²) in [4.78, 5) is 29.7. The molecule has 0 bridgehead atoms. The van der Waals surface area contributed by atoms with Crippen molar-refractivity contribution in [3.63, 3.8) is 0 Å². The van der Waals surface area contributed by atoms with Crippen LogP contribution in [0.2, 0.25) is 10.0 Å². The highest BCUT2D eigenvalue weighted by molar-refractivity contribution is 6.35. The predicted molar refractivity (Wildman–Crippen MR) is 149 cm³/mol. The Labute approximate surface area is 232 Å². The predicted octanol–water partition coefficient (Wildman–Crippen LogP) is 5.38. The average Bonchev–Trinajstić information content (AvgIpc) is 2.94. The molecule has 1 N–H and O–H groups in total. The molecule has 0 unspecified atom stereocenters. The van der Waals surface area contributed by atoms with Gasteiger partial charge in [0.25, 0.3) is 11.8 Å². The van der Waals surface area contributed by atoms with E-state index in [1.807, 2.05) is 29.2 Å². The second kappa shape index (κ2) is 12.3. The summed E-state index contributed by atoms with van der Waals surface area (Å²) in [5, 5.41) is 3.69. The van der Waals surface area contributed by atoms with Crippen molar-refractivity contribution in [2.24, 2.45) is 0 Å². The summed E-state index contributed by atoms with van der Waals surface area (Å²) in [6.45, 7) is 4.19. The Hall–Kier alpha value is -3.62. The largest absolute Gasteiger partial charge is 0.497 e. The van der Waals surface area contributed by atoms with E-state index < -0.39 is 6.10 Å². The van der Waals surface area contributed by atoms with E-state index in [4.69, 9.17) is 37.4 Å². The van der Waals surface area contributed by atoms with Gasteiger partial charge in [-0.15, -0.1) is 0 Å². The number of hydrogen-bond acceptors (Lipinski definition) is 6. The number of piperazine rings is 1. The maximum absolute atomic E-state index is 13.1. The van der Waals surface area contributed by atoms with Crippen molar-refractivity contribution >= 4 is 46.4 Å². The first-order valence-electron chi connectivity index (χ1n) is 12.1. The summed E-state index contributed by atoms with van der Waals surface area (Å²) in [5.41, 5.74) is 2.19. The highest BCUT2D eigenvalue weighted by atomic mass is 35.5. The number of carbonyl (C=O) groups is 2. The van der Waals surface area contributed by atoms with Crippen LogP contribution in [-0.4, -0.2) is 63.2 Å². The molecule has 4 rings (SSSR count). The molecule has 0 saturated carbocycles. The van der Waals surface area contributed by atoms with E-state index in [0.717, 1.165) is 5.69 Å². The van der Waals surface area contributed by atoms with Crippen molar-refractivity contribution in [1.82, 2.24) is 4.90 Å². The summed E-state index contributed by atoms with van der Waals surface area (Å²) in [7, 11) is 3.12. The summed E-state index contributed by atoms with van der Waals surface area (Å²) >= 11 is 12.0. The third-order valence-electron chi connectivity index (χ3n) is 6.23. The van der Waals surface area contributed by atoms with Gasteiger partial charge < -0.3 is 29.3 Å². The Kier molecular flexibility index (Phi) is 8.86. The molecule has 2 amide bonds. The van der Waals surface area contributed by atoms with E-state index >= 15 is 0 Å². The lowest BCUT2D eigenvalue weighted by molar-refractivity contribution is -0.122. The molecule has 0 aliphatic carbocycles. The number of ether oxygens (including phenoxy) is 3. The van der Waals surface area contributed by atoms with Gasteiger partial charge in [0.05, 0.1) is 19.2 Å². The third-order valence-corrected chi connectivity index (χ3v) is 6.76. The molecule has 3 aromatic rings. The fraction of sp³-hybridized carbons (Fsp3) is 0.286. The number of amides is 2. The van der Waals surface area contributed by atoms with Crippen molar-refractivity contribution in [3.05, 3.63) is 76.3 Å². The molecule has 38 heavy (non-hydrogen) atoms. The molecule has 0 aromatic heterocycles. The molecule has 3 aromatic carbocycles. The fourth-order valence-electron chi connectivity index (χ4n) is 4.10. The van der Waals surface area contributed by atoms with Crippen molar-refractivity contribution in [2.45, 2.75) is 13.0 Å². The standard InChI is InChI=1S/C28H29Cl2N3O5/c1-18(38-26-9-4-20(29)16-25(26)30)27(34)31-21-5-7-22(8-6-21)32-10-12-33(13-11-32)28(35)19-14-23(36-2)17-24(15-19)37-3/h4-9,14-18H,10-13H2,1-3H3,(H,31,34)/t18-/m0/s1. The molecule has 1 atom stereocenters. The molecular weight excluding hydrogens is 529 g/mol. The average molecular weight is 558 g/mol. The smallest absolute Gasteiger partial charge is 0.265 e. The van der Waals surface area contributed by atoms with E-state index in [9.17, 15) is 9.59 Å². The first-order chi connectivity index (χ1) is 18.3. The van der Waals surface area contributed by atoms with Crippen LogP contribution in [0.3, 0.4) is 0 Å². The Balaban J connectivity index is 1.31. The normalized spacial score (nSPS) is 14.0. The van der Waals surface area contributed by atoms with E-state index in [1.54, 1.807) is 57.5 Å². The number of anilines is 2. The van der Waals surface area contributed by atoms with Crippen molar-refractivity contribution in [1.29, 1.82) is 0 Å². The van der Waals surface area contributed by atoms with Crippen molar-refractivity contribution in [3.8, 4) is 17.2 Å². The van der Waals surface area contributed by atoms with Crippen LogP contribution in [-0.2, 0) is 4.79 Å². The van der Waals surface area contributed by atoms with Crippen molar-refractivity contribution in [2.75, 3.05) is 50.6 Å². The van der Waals surface area contributed by atoms with Crippen LogP contribution in [0.25, 0.3) is 0 Å². The second-order valence-electron chi connectivity index (χ2n) is 8.75. The van der Waals surface area contributed by atoms with Gasteiger partial charge in [-0.2, -0.15) is 0 Å². The van der Waals surface area contributed by atoms with Gasteiger partial charge in [0.15, 0.2) is 6.10 Å². The summed E-state index contributed by atoms with van der Waals surface area (Å²) < 4.78 is 16.3. The number of carbonyl (C=O) groups excluding carboxylic acids is 2. The van der Waals surface area contributed by atoms with Gasteiger partial charge in [-0.1, -0.05) is 23.2 Å². The molecule has 1 saturated heterocycles. The Morgan fingerprint density at radius 3 is 2.08 bits per heavy atom. The van der Waals surface area contributed by atoms with E-state index in [1.165, 1.54) is 0 Å². The molecule has 1 aliphatic heterocycles. The monoisotopic (exact) mass is 557 g/mol. The number of methoxy groups -OCH3 is 2. The fourth-order valence-corrected chi connectivity index (χ4v) is 4.55. The minimum Gasteiger partial charge on any atom is -0.497 e. The molecule has 10 heteroatoms. The molecule has 1 heterocycles. The van der Waals surface area contributed by atoms with Crippen LogP contribution in [0.1, 0.15) is 17.3 Å². The lowest BCUT2D eigenvalue weighted by Gasteiger charge is -2.36. The van der Waals surface area contributed by atoms with Crippen LogP contribution < -0.4 is 24.4 Å². The lowest BCUT2D eigenvalue weighted by atomic mass is 10.1. The maximum atomic E-state index is 13.1. The molecule has 0 radical (unpaired) electrons. The molecule has 1 fully saturated rings. The minimum absolute atomic E-state index is 0.0591. The lowest BCUT2D eigenvalue weighted by Crippen LogP contribution is -2.48. The molecular formula is C28H29Cl2N3O5. The summed E-state index contributed by atoms with van der Waals surface area (Å²) in [5.74, 6) is 1.18. The van der Waals surface area contributed by atoms with Gasteiger partial charge in [0.1, 0.15) is 17.2 Å². The van der Waals surface area contributed by atoms with Gasteiger partial charge in [-0.3, -0.25) is 9.59 Å². The van der Waals surface area contributed by atoms with Gasteiger partial charge in [0, 0.05) is 54.2 Å². The van der Waals surface area contributed by atoms with Gasteiger partial charge in [0.2, 0.25) is 0 Å². The van der Waals surface area contributed by atoms with Crippen LogP contribution in [0.5, 0.6) is 17.2 Å². The Bertz CT molecular complexity index is 1270.